The van der Waals surface area contributed by atoms with Crippen molar-refractivity contribution in [1.29, 1.82) is 0 Å². The van der Waals surface area contributed by atoms with E-state index < -0.39 is 21.8 Å². The Morgan fingerprint density at radius 2 is 1.97 bits per heavy atom. The Hall–Kier alpha value is -2.69. The molecule has 31 heavy (non-hydrogen) atoms. The summed E-state index contributed by atoms with van der Waals surface area (Å²) >= 11 is 0. The summed E-state index contributed by atoms with van der Waals surface area (Å²) < 4.78 is 62.3. The molecule has 1 fully saturated rings. The van der Waals surface area contributed by atoms with Gasteiger partial charge in [0.1, 0.15) is 28.8 Å². The van der Waals surface area contributed by atoms with Gasteiger partial charge in [0.25, 0.3) is 0 Å². The third-order valence-electron chi connectivity index (χ3n) is 5.19. The summed E-state index contributed by atoms with van der Waals surface area (Å²) in [5, 5.41) is 0. The van der Waals surface area contributed by atoms with Crippen LogP contribution in [-0.4, -0.2) is 45.7 Å². The zero-order valence-electron chi connectivity index (χ0n) is 16.9. The first-order valence-electron chi connectivity index (χ1n) is 9.77. The Kier molecular flexibility index (Phi) is 6.12. The number of sulfonamides is 1. The lowest BCUT2D eigenvalue weighted by Gasteiger charge is -2.21. The average molecular weight is 451 g/mol. The van der Waals surface area contributed by atoms with Crippen LogP contribution in [0.15, 0.2) is 35.2 Å². The van der Waals surface area contributed by atoms with Crippen molar-refractivity contribution in [3.8, 4) is 11.5 Å². The lowest BCUT2D eigenvalue weighted by molar-refractivity contribution is -0.0182. The molecule has 0 bridgehead atoms. The molecule has 0 spiro atoms. The lowest BCUT2D eigenvalue weighted by atomic mass is 10.1. The van der Waals surface area contributed by atoms with Gasteiger partial charge in [-0.3, -0.25) is 0 Å². The summed E-state index contributed by atoms with van der Waals surface area (Å²) in [5.74, 6) is -0.670. The van der Waals surface area contributed by atoms with Gasteiger partial charge in [0.2, 0.25) is 10.0 Å². The molecule has 2 heterocycles. The molecule has 2 aromatic carbocycles. The molecule has 0 aromatic heterocycles. The third-order valence-corrected chi connectivity index (χ3v) is 7.11. The Morgan fingerprint density at radius 3 is 2.71 bits per heavy atom. The van der Waals surface area contributed by atoms with E-state index in [0.29, 0.717) is 30.0 Å². The van der Waals surface area contributed by atoms with Crippen LogP contribution in [0.2, 0.25) is 0 Å². The number of hydrogen-bond acceptors (Lipinski definition) is 7. The molecule has 4 rings (SSSR count). The first-order chi connectivity index (χ1) is 14.9. The minimum Gasteiger partial charge on any atom is -0.495 e. The van der Waals surface area contributed by atoms with Crippen LogP contribution in [0.4, 0.5) is 4.39 Å². The van der Waals surface area contributed by atoms with Crippen molar-refractivity contribution in [1.82, 2.24) is 4.31 Å². The fraction of sp³-hybridized carbons (Fsp3) is 0.381. The number of carbonyl (C=O) groups excluding carboxylic acids is 1. The number of benzene rings is 2. The summed E-state index contributed by atoms with van der Waals surface area (Å²) in [6, 6.07) is 6.63. The van der Waals surface area contributed by atoms with Gasteiger partial charge in [-0.2, -0.15) is 4.31 Å². The van der Waals surface area contributed by atoms with Crippen LogP contribution in [0.1, 0.15) is 34.3 Å². The molecular formula is C21H22FNO7S. The molecule has 1 saturated heterocycles. The molecule has 8 nitrogen and oxygen atoms in total. The van der Waals surface area contributed by atoms with E-state index in [0.717, 1.165) is 12.8 Å². The smallest absolute Gasteiger partial charge is 0.338 e. The maximum Gasteiger partial charge on any atom is 0.338 e. The van der Waals surface area contributed by atoms with E-state index in [4.69, 9.17) is 18.9 Å². The highest BCUT2D eigenvalue weighted by atomic mass is 32.2. The number of methoxy groups -OCH3 is 1. The molecule has 0 unspecified atom stereocenters. The van der Waals surface area contributed by atoms with Crippen molar-refractivity contribution in [3.63, 3.8) is 0 Å². The fourth-order valence-corrected chi connectivity index (χ4v) is 5.36. The lowest BCUT2D eigenvalue weighted by Crippen LogP contribution is -2.28. The Labute approximate surface area is 179 Å². The Balaban J connectivity index is 1.57. The molecule has 2 aromatic rings. The molecule has 0 aliphatic carbocycles. The maximum atomic E-state index is 13.9. The highest BCUT2D eigenvalue weighted by Gasteiger charge is 2.31. The van der Waals surface area contributed by atoms with Crippen molar-refractivity contribution in [3.05, 3.63) is 52.8 Å². The quantitative estimate of drug-likeness (QED) is 0.624. The third kappa shape index (κ3) is 4.36. The van der Waals surface area contributed by atoms with E-state index in [1.807, 2.05) is 0 Å². The summed E-state index contributed by atoms with van der Waals surface area (Å²) in [6.07, 6.45) is 1.57. The number of fused-ring (bicyclic) bond motifs is 1. The second kappa shape index (κ2) is 8.81. The highest BCUT2D eigenvalue weighted by molar-refractivity contribution is 7.89. The van der Waals surface area contributed by atoms with E-state index in [1.54, 1.807) is 0 Å². The summed E-state index contributed by atoms with van der Waals surface area (Å²) in [6.45, 7) is 0.836. The number of halogens is 1. The van der Waals surface area contributed by atoms with Crippen molar-refractivity contribution in [2.75, 3.05) is 27.0 Å². The number of rotatable bonds is 6. The van der Waals surface area contributed by atoms with Crippen LogP contribution in [-0.2, 0) is 32.7 Å². The topological polar surface area (TPSA) is 91.4 Å². The molecule has 0 atom stereocenters. The van der Waals surface area contributed by atoms with E-state index in [-0.39, 0.29) is 36.2 Å². The standard InChI is InChI=1S/C21H22FNO7S/c1-27-18-5-4-14(10-19(18)31(25,26)23-6-2-3-7-23)21(24)29-12-16-9-17(22)8-15-11-28-13-30-20(15)16/h4-5,8-10H,2-3,6-7,11-13H2,1H3. The number of esters is 1. The van der Waals surface area contributed by atoms with E-state index in [1.165, 1.54) is 41.7 Å². The maximum absolute atomic E-state index is 13.9. The number of carbonyl (C=O) groups is 1. The second-order valence-electron chi connectivity index (χ2n) is 7.22. The van der Waals surface area contributed by atoms with Crippen LogP contribution in [0.3, 0.4) is 0 Å². The zero-order chi connectivity index (χ0) is 22.0. The van der Waals surface area contributed by atoms with Crippen molar-refractivity contribution in [2.24, 2.45) is 0 Å². The van der Waals surface area contributed by atoms with Crippen LogP contribution in [0.5, 0.6) is 11.5 Å². The monoisotopic (exact) mass is 451 g/mol. The van der Waals surface area contributed by atoms with E-state index >= 15 is 0 Å². The molecule has 0 N–H and O–H groups in total. The van der Waals surface area contributed by atoms with Gasteiger partial charge in [0.05, 0.1) is 19.3 Å². The van der Waals surface area contributed by atoms with Crippen LogP contribution in [0.25, 0.3) is 0 Å². The van der Waals surface area contributed by atoms with Crippen molar-refractivity contribution < 1.29 is 36.6 Å². The summed E-state index contributed by atoms with van der Waals surface area (Å²) in [5.41, 5.74) is 0.943. The molecule has 2 aliphatic rings. The van der Waals surface area contributed by atoms with Gasteiger partial charge in [-0.1, -0.05) is 0 Å². The van der Waals surface area contributed by atoms with Crippen molar-refractivity contribution in [2.45, 2.75) is 31.0 Å². The van der Waals surface area contributed by atoms with Crippen LogP contribution >= 0.6 is 0 Å². The normalized spacial score (nSPS) is 16.5. The van der Waals surface area contributed by atoms with Gasteiger partial charge >= 0.3 is 5.97 Å². The first-order valence-corrected chi connectivity index (χ1v) is 11.2. The van der Waals surface area contributed by atoms with Gasteiger partial charge in [-0.25, -0.2) is 17.6 Å². The van der Waals surface area contributed by atoms with E-state index in [2.05, 4.69) is 0 Å². The SMILES string of the molecule is COc1ccc(C(=O)OCc2cc(F)cc3c2OCOC3)cc1S(=O)(=O)N1CCCC1. The summed E-state index contributed by atoms with van der Waals surface area (Å²) in [7, 11) is -2.44. The van der Waals surface area contributed by atoms with Crippen molar-refractivity contribution >= 4 is 16.0 Å². The van der Waals surface area contributed by atoms with Gasteiger partial charge in [-0.15, -0.1) is 0 Å². The number of nitrogens with zero attached hydrogens (tertiary/aromatic N) is 1. The first kappa shape index (κ1) is 21.5. The molecule has 0 radical (unpaired) electrons. The van der Waals surface area contributed by atoms with Gasteiger partial charge in [0, 0.05) is 24.2 Å². The van der Waals surface area contributed by atoms with Crippen LogP contribution < -0.4 is 9.47 Å². The molecule has 0 amide bonds. The van der Waals surface area contributed by atoms with Gasteiger partial charge in [0.15, 0.2) is 6.79 Å². The molecule has 2 aliphatic heterocycles. The number of hydrogen-bond donors (Lipinski definition) is 0. The number of ether oxygens (including phenoxy) is 4. The molecule has 166 valence electrons. The van der Waals surface area contributed by atoms with Gasteiger partial charge < -0.3 is 18.9 Å². The highest BCUT2D eigenvalue weighted by Crippen LogP contribution is 2.32. The second-order valence-corrected chi connectivity index (χ2v) is 9.12. The predicted molar refractivity (Wildman–Crippen MR) is 107 cm³/mol. The largest absolute Gasteiger partial charge is 0.495 e. The molecule has 10 heteroatoms. The Morgan fingerprint density at radius 1 is 1.19 bits per heavy atom. The van der Waals surface area contributed by atoms with Crippen LogP contribution in [0, 0.1) is 5.82 Å². The minimum absolute atomic E-state index is 0.0236. The van der Waals surface area contributed by atoms with Gasteiger partial charge in [-0.05, 0) is 43.2 Å². The molecule has 0 saturated carbocycles. The zero-order valence-corrected chi connectivity index (χ0v) is 17.7. The predicted octanol–water partition coefficient (Wildman–Crippen LogP) is 2.84. The van der Waals surface area contributed by atoms with E-state index in [9.17, 15) is 17.6 Å². The fourth-order valence-electron chi connectivity index (χ4n) is 3.66. The minimum atomic E-state index is -3.81. The average Bonchev–Trinajstić information content (AvgIpc) is 3.32. The summed E-state index contributed by atoms with van der Waals surface area (Å²) in [4.78, 5) is 12.6. The Bertz CT molecular complexity index is 1100. The molecular weight excluding hydrogens is 429 g/mol.